The monoisotopic (exact) mass is 271 g/mol. The third-order valence-corrected chi connectivity index (χ3v) is 2.58. The summed E-state index contributed by atoms with van der Waals surface area (Å²) in [4.78, 5) is 8.63. The van der Waals surface area contributed by atoms with E-state index in [0.717, 1.165) is 24.1 Å². The summed E-state index contributed by atoms with van der Waals surface area (Å²) in [5, 5.41) is 0. The second-order valence-electron chi connectivity index (χ2n) is 4.05. The van der Waals surface area contributed by atoms with Gasteiger partial charge in [0, 0.05) is 36.5 Å². The molecule has 3 nitrogen and oxygen atoms in total. The first-order valence-corrected chi connectivity index (χ1v) is 5.80. The number of nitrogens with zero attached hydrogens (tertiary/aromatic N) is 3. The van der Waals surface area contributed by atoms with Gasteiger partial charge in [-0.3, -0.25) is 4.98 Å². The van der Waals surface area contributed by atoms with Crippen LogP contribution < -0.4 is 0 Å². The zero-order valence-electron chi connectivity index (χ0n) is 9.57. The van der Waals surface area contributed by atoms with Crippen molar-refractivity contribution in [2.75, 3.05) is 34.2 Å². The molecule has 0 spiro atoms. The highest BCUT2D eigenvalue weighted by Gasteiger charge is 2.01. The van der Waals surface area contributed by atoms with Gasteiger partial charge in [-0.05, 0) is 48.7 Å². The Labute approximate surface area is 100 Å². The van der Waals surface area contributed by atoms with Gasteiger partial charge in [-0.1, -0.05) is 0 Å². The maximum atomic E-state index is 4.15. The van der Waals surface area contributed by atoms with Crippen LogP contribution in [0, 0.1) is 0 Å². The third kappa shape index (κ3) is 5.25. The van der Waals surface area contributed by atoms with Gasteiger partial charge in [-0.25, -0.2) is 0 Å². The lowest BCUT2D eigenvalue weighted by Crippen LogP contribution is -2.28. The normalized spacial score (nSPS) is 11.3. The molecular formula is C11H18BrN3. The van der Waals surface area contributed by atoms with Crippen LogP contribution in [0.1, 0.15) is 5.56 Å². The van der Waals surface area contributed by atoms with Crippen LogP contribution in [0.2, 0.25) is 0 Å². The van der Waals surface area contributed by atoms with Gasteiger partial charge in [0.2, 0.25) is 0 Å². The molecule has 0 amide bonds. The lowest BCUT2D eigenvalue weighted by atomic mass is 10.3. The molecule has 1 rings (SSSR count). The number of aromatic nitrogens is 1. The molecule has 0 aliphatic carbocycles. The topological polar surface area (TPSA) is 19.4 Å². The van der Waals surface area contributed by atoms with E-state index in [1.54, 1.807) is 0 Å². The fraction of sp³-hybridized carbons (Fsp3) is 0.545. The number of halogens is 1. The summed E-state index contributed by atoms with van der Waals surface area (Å²) in [6.45, 7) is 3.09. The van der Waals surface area contributed by atoms with Gasteiger partial charge in [-0.2, -0.15) is 0 Å². The van der Waals surface area contributed by atoms with Crippen molar-refractivity contribution in [3.8, 4) is 0 Å². The Morgan fingerprint density at radius 2 is 1.93 bits per heavy atom. The Morgan fingerprint density at radius 3 is 2.53 bits per heavy atom. The lowest BCUT2D eigenvalue weighted by molar-refractivity contribution is 0.276. The largest absolute Gasteiger partial charge is 0.308 e. The van der Waals surface area contributed by atoms with Crippen LogP contribution in [0.25, 0.3) is 0 Å². The van der Waals surface area contributed by atoms with Gasteiger partial charge in [0.05, 0.1) is 0 Å². The van der Waals surface area contributed by atoms with E-state index in [2.05, 4.69) is 57.9 Å². The van der Waals surface area contributed by atoms with Crippen LogP contribution in [-0.4, -0.2) is 49.0 Å². The average Bonchev–Trinajstić information content (AvgIpc) is 2.15. The molecule has 0 saturated heterocycles. The first kappa shape index (κ1) is 12.6. The molecule has 84 valence electrons. The SMILES string of the molecule is CN(C)CCN(C)Cc1cncc(Br)c1. The van der Waals surface area contributed by atoms with E-state index in [1.165, 1.54) is 5.56 Å². The van der Waals surface area contributed by atoms with Crippen LogP contribution in [0.5, 0.6) is 0 Å². The lowest BCUT2D eigenvalue weighted by Gasteiger charge is -2.19. The van der Waals surface area contributed by atoms with Crippen LogP contribution >= 0.6 is 15.9 Å². The van der Waals surface area contributed by atoms with Crippen LogP contribution in [-0.2, 0) is 6.54 Å². The van der Waals surface area contributed by atoms with Gasteiger partial charge >= 0.3 is 0 Å². The maximum absolute atomic E-state index is 4.15. The molecule has 0 fully saturated rings. The Hall–Kier alpha value is -0.450. The maximum Gasteiger partial charge on any atom is 0.0410 e. The van der Waals surface area contributed by atoms with E-state index in [1.807, 2.05) is 12.4 Å². The van der Waals surface area contributed by atoms with Crippen molar-refractivity contribution in [3.05, 3.63) is 28.5 Å². The minimum absolute atomic E-state index is 0.945. The van der Waals surface area contributed by atoms with E-state index in [0.29, 0.717) is 0 Å². The number of pyridine rings is 1. The average molecular weight is 272 g/mol. The summed E-state index contributed by atoms with van der Waals surface area (Å²) in [5.74, 6) is 0. The Kier molecular flexibility index (Phi) is 5.22. The molecule has 0 saturated carbocycles. The van der Waals surface area contributed by atoms with Crippen molar-refractivity contribution < 1.29 is 0 Å². The van der Waals surface area contributed by atoms with Crippen molar-refractivity contribution in [2.45, 2.75) is 6.54 Å². The first-order chi connectivity index (χ1) is 7.08. The predicted molar refractivity (Wildman–Crippen MR) is 66.8 cm³/mol. The van der Waals surface area contributed by atoms with Crippen molar-refractivity contribution >= 4 is 15.9 Å². The molecule has 0 radical (unpaired) electrons. The number of hydrogen-bond donors (Lipinski definition) is 0. The van der Waals surface area contributed by atoms with Crippen molar-refractivity contribution in [2.24, 2.45) is 0 Å². The zero-order valence-corrected chi connectivity index (χ0v) is 11.2. The standard InChI is InChI=1S/C11H18BrN3/c1-14(2)4-5-15(3)9-10-6-11(12)8-13-7-10/h6-8H,4-5,9H2,1-3H3. The van der Waals surface area contributed by atoms with E-state index in [4.69, 9.17) is 0 Å². The van der Waals surface area contributed by atoms with E-state index < -0.39 is 0 Å². The second-order valence-corrected chi connectivity index (χ2v) is 4.97. The summed E-state index contributed by atoms with van der Waals surface area (Å²) >= 11 is 3.43. The molecule has 0 aliphatic rings. The summed E-state index contributed by atoms with van der Waals surface area (Å²) in [5.41, 5.74) is 1.24. The van der Waals surface area contributed by atoms with Crippen LogP contribution in [0.4, 0.5) is 0 Å². The van der Waals surface area contributed by atoms with Crippen molar-refractivity contribution in [1.29, 1.82) is 0 Å². The predicted octanol–water partition coefficient (Wildman–Crippen LogP) is 1.84. The molecule has 0 atom stereocenters. The summed E-state index contributed by atoms with van der Waals surface area (Å²) in [7, 11) is 6.31. The summed E-state index contributed by atoms with van der Waals surface area (Å²) < 4.78 is 1.04. The Balaban J connectivity index is 2.40. The number of likely N-dealkylation sites (N-methyl/N-ethyl adjacent to an activating group) is 2. The van der Waals surface area contributed by atoms with Crippen LogP contribution in [0.3, 0.4) is 0 Å². The van der Waals surface area contributed by atoms with Gasteiger partial charge in [0.1, 0.15) is 0 Å². The zero-order chi connectivity index (χ0) is 11.3. The fourth-order valence-electron chi connectivity index (χ4n) is 1.30. The fourth-order valence-corrected chi connectivity index (χ4v) is 1.72. The van der Waals surface area contributed by atoms with E-state index in [-0.39, 0.29) is 0 Å². The molecule has 0 N–H and O–H groups in total. The molecule has 0 aliphatic heterocycles. The smallest absolute Gasteiger partial charge is 0.0410 e. The van der Waals surface area contributed by atoms with Crippen molar-refractivity contribution in [3.63, 3.8) is 0 Å². The molecule has 0 unspecified atom stereocenters. The van der Waals surface area contributed by atoms with E-state index >= 15 is 0 Å². The van der Waals surface area contributed by atoms with E-state index in [9.17, 15) is 0 Å². The highest BCUT2D eigenvalue weighted by atomic mass is 79.9. The minimum atomic E-state index is 0.945. The molecule has 1 aromatic rings. The number of hydrogen-bond acceptors (Lipinski definition) is 3. The van der Waals surface area contributed by atoms with Gasteiger partial charge < -0.3 is 9.80 Å². The summed E-state index contributed by atoms with van der Waals surface area (Å²) in [6, 6.07) is 2.11. The van der Waals surface area contributed by atoms with Crippen LogP contribution in [0.15, 0.2) is 22.9 Å². The quantitative estimate of drug-likeness (QED) is 0.815. The van der Waals surface area contributed by atoms with Crippen molar-refractivity contribution in [1.82, 2.24) is 14.8 Å². The first-order valence-electron chi connectivity index (χ1n) is 5.00. The molecule has 0 bridgehead atoms. The Bertz CT molecular complexity index is 302. The molecule has 15 heavy (non-hydrogen) atoms. The second kappa shape index (κ2) is 6.20. The molecule has 0 aromatic carbocycles. The molecule has 4 heteroatoms. The number of rotatable bonds is 5. The molecule has 1 heterocycles. The molecular weight excluding hydrogens is 254 g/mol. The highest BCUT2D eigenvalue weighted by Crippen LogP contribution is 2.10. The van der Waals surface area contributed by atoms with Gasteiger partial charge in [0.15, 0.2) is 0 Å². The molecule has 1 aromatic heterocycles. The van der Waals surface area contributed by atoms with Gasteiger partial charge in [-0.15, -0.1) is 0 Å². The van der Waals surface area contributed by atoms with Gasteiger partial charge in [0.25, 0.3) is 0 Å². The highest BCUT2D eigenvalue weighted by molar-refractivity contribution is 9.10. The third-order valence-electron chi connectivity index (χ3n) is 2.14. The minimum Gasteiger partial charge on any atom is -0.308 e. The Morgan fingerprint density at radius 1 is 1.20 bits per heavy atom. The summed E-state index contributed by atoms with van der Waals surface area (Å²) in [6.07, 6.45) is 3.72.